The van der Waals surface area contributed by atoms with E-state index in [9.17, 15) is 0 Å². The van der Waals surface area contributed by atoms with Gasteiger partial charge < -0.3 is 4.90 Å². The molecule has 0 heterocycles. The highest BCUT2D eigenvalue weighted by molar-refractivity contribution is 9.10. The molecule has 1 atom stereocenters. The molecule has 0 amide bonds. The highest BCUT2D eigenvalue weighted by Crippen LogP contribution is 2.34. The van der Waals surface area contributed by atoms with Gasteiger partial charge in [0.1, 0.15) is 0 Å². The third kappa shape index (κ3) is 1.80. The van der Waals surface area contributed by atoms with E-state index in [1.165, 1.54) is 26.4 Å². The molecule has 1 unspecified atom stereocenters. The van der Waals surface area contributed by atoms with Gasteiger partial charge in [0, 0.05) is 10.5 Å². The van der Waals surface area contributed by atoms with Crippen LogP contribution in [0.2, 0.25) is 0 Å². The van der Waals surface area contributed by atoms with E-state index in [-0.39, 0.29) is 0 Å². The average Bonchev–Trinajstić information content (AvgIpc) is 2.33. The summed E-state index contributed by atoms with van der Waals surface area (Å²) >= 11 is 3.65. The Bertz CT molecular complexity index is 562. The van der Waals surface area contributed by atoms with Gasteiger partial charge in [0.05, 0.1) is 0 Å². The first-order valence-corrected chi connectivity index (χ1v) is 6.81. The van der Waals surface area contributed by atoms with Gasteiger partial charge in [-0.05, 0) is 54.9 Å². The van der Waals surface area contributed by atoms with Crippen molar-refractivity contribution in [2.75, 3.05) is 14.1 Å². The monoisotopic (exact) mass is 289 g/mol. The molecule has 2 aromatic carbocycles. The Hall–Kier alpha value is -0.860. The Balaban J connectivity index is 2.23. The van der Waals surface area contributed by atoms with E-state index < -0.39 is 0 Å². The molecule has 0 N–H and O–H groups in total. The first-order chi connectivity index (χ1) is 8.16. The fourth-order valence-corrected chi connectivity index (χ4v) is 3.27. The summed E-state index contributed by atoms with van der Waals surface area (Å²) in [5.41, 5.74) is 2.98. The summed E-state index contributed by atoms with van der Waals surface area (Å²) in [6.07, 6.45) is 2.32. The van der Waals surface area contributed by atoms with E-state index in [0.29, 0.717) is 6.04 Å². The van der Waals surface area contributed by atoms with Crippen molar-refractivity contribution < 1.29 is 0 Å². The fourth-order valence-electron chi connectivity index (χ4n) is 2.81. The number of benzene rings is 2. The van der Waals surface area contributed by atoms with Crippen molar-refractivity contribution in [2.24, 2.45) is 0 Å². The number of hydrogen-bond acceptors (Lipinski definition) is 1. The summed E-state index contributed by atoms with van der Waals surface area (Å²) in [4.78, 5) is 2.34. The van der Waals surface area contributed by atoms with Crippen molar-refractivity contribution in [2.45, 2.75) is 18.9 Å². The van der Waals surface area contributed by atoms with Crippen molar-refractivity contribution in [3.05, 3.63) is 45.9 Å². The number of halogens is 1. The van der Waals surface area contributed by atoms with Crippen LogP contribution in [0.15, 0.2) is 34.8 Å². The van der Waals surface area contributed by atoms with Crippen LogP contribution in [0.5, 0.6) is 0 Å². The van der Waals surface area contributed by atoms with Crippen molar-refractivity contribution in [3.8, 4) is 0 Å². The molecule has 0 aliphatic heterocycles. The molecule has 0 radical (unpaired) electrons. The Morgan fingerprint density at radius 1 is 1.06 bits per heavy atom. The first kappa shape index (κ1) is 11.2. The predicted octanol–water partition coefficient (Wildman–Crippen LogP) is 3.63. The molecule has 1 nitrogen and oxygen atoms in total. The maximum Gasteiger partial charge on any atom is 0.0254 e. The molecular formula is C15H16BrN. The van der Waals surface area contributed by atoms with Crippen LogP contribution in [0, 0.1) is 0 Å². The Morgan fingerprint density at radius 3 is 2.47 bits per heavy atom. The van der Waals surface area contributed by atoms with Crippen LogP contribution in [-0.2, 0) is 12.8 Å². The zero-order valence-electron chi connectivity index (χ0n) is 10.2. The third-order valence-electron chi connectivity index (χ3n) is 3.80. The molecule has 0 saturated heterocycles. The lowest BCUT2D eigenvalue weighted by molar-refractivity contribution is 0.287. The van der Waals surface area contributed by atoms with Gasteiger partial charge in [-0.2, -0.15) is 0 Å². The molecule has 0 bridgehead atoms. The van der Waals surface area contributed by atoms with E-state index >= 15 is 0 Å². The smallest absolute Gasteiger partial charge is 0.0254 e. The van der Waals surface area contributed by atoms with Crippen molar-refractivity contribution in [1.29, 1.82) is 0 Å². The fraction of sp³-hybridized carbons (Fsp3) is 0.333. The van der Waals surface area contributed by atoms with Gasteiger partial charge in [-0.15, -0.1) is 0 Å². The summed E-state index contributed by atoms with van der Waals surface area (Å²) < 4.78 is 1.21. The van der Waals surface area contributed by atoms with Gasteiger partial charge >= 0.3 is 0 Å². The molecule has 0 aromatic heterocycles. The lowest BCUT2D eigenvalue weighted by Gasteiger charge is -2.30. The molecule has 2 heteroatoms. The van der Waals surface area contributed by atoms with E-state index in [1.807, 2.05) is 0 Å². The van der Waals surface area contributed by atoms with Gasteiger partial charge in [-0.1, -0.05) is 40.2 Å². The number of nitrogens with zero attached hydrogens (tertiary/aromatic N) is 1. The topological polar surface area (TPSA) is 3.24 Å². The normalized spacial score (nSPS) is 18.9. The van der Waals surface area contributed by atoms with Crippen LogP contribution in [0.25, 0.3) is 10.8 Å². The first-order valence-electron chi connectivity index (χ1n) is 6.02. The zero-order chi connectivity index (χ0) is 12.0. The van der Waals surface area contributed by atoms with E-state index in [2.05, 4.69) is 65.3 Å². The quantitative estimate of drug-likeness (QED) is 0.775. The second-order valence-electron chi connectivity index (χ2n) is 5.07. The number of rotatable bonds is 1. The van der Waals surface area contributed by atoms with Crippen LogP contribution in [0.1, 0.15) is 11.1 Å². The van der Waals surface area contributed by atoms with Gasteiger partial charge in [0.25, 0.3) is 0 Å². The molecular weight excluding hydrogens is 274 g/mol. The second kappa shape index (κ2) is 4.11. The third-order valence-corrected chi connectivity index (χ3v) is 4.49. The lowest BCUT2D eigenvalue weighted by atomic mass is 9.85. The van der Waals surface area contributed by atoms with E-state index in [4.69, 9.17) is 0 Å². The van der Waals surface area contributed by atoms with Gasteiger partial charge in [0.2, 0.25) is 0 Å². The highest BCUT2D eigenvalue weighted by atomic mass is 79.9. The summed E-state index contributed by atoms with van der Waals surface area (Å²) in [5.74, 6) is 0. The molecule has 3 rings (SSSR count). The van der Waals surface area contributed by atoms with Crippen LogP contribution >= 0.6 is 15.9 Å². The molecule has 0 saturated carbocycles. The predicted molar refractivity (Wildman–Crippen MR) is 76.5 cm³/mol. The summed E-state index contributed by atoms with van der Waals surface area (Å²) in [6, 6.07) is 11.7. The minimum absolute atomic E-state index is 0.634. The molecule has 1 aliphatic carbocycles. The van der Waals surface area contributed by atoms with Crippen LogP contribution in [-0.4, -0.2) is 25.0 Å². The van der Waals surface area contributed by atoms with Crippen molar-refractivity contribution in [1.82, 2.24) is 4.90 Å². The number of likely N-dealkylation sites (N-methyl/N-ethyl adjacent to an activating group) is 1. The summed E-state index contributed by atoms with van der Waals surface area (Å²) in [5, 5.41) is 2.83. The molecule has 2 aromatic rings. The number of hydrogen-bond donors (Lipinski definition) is 0. The maximum absolute atomic E-state index is 3.65. The van der Waals surface area contributed by atoms with Crippen LogP contribution < -0.4 is 0 Å². The molecule has 17 heavy (non-hydrogen) atoms. The zero-order valence-corrected chi connectivity index (χ0v) is 11.8. The highest BCUT2D eigenvalue weighted by Gasteiger charge is 2.22. The Labute approximate surface area is 111 Å². The minimum atomic E-state index is 0.634. The largest absolute Gasteiger partial charge is 0.306 e. The lowest BCUT2D eigenvalue weighted by Crippen LogP contribution is -2.34. The maximum atomic E-state index is 3.65. The minimum Gasteiger partial charge on any atom is -0.306 e. The van der Waals surface area contributed by atoms with Crippen LogP contribution in [0.3, 0.4) is 0 Å². The van der Waals surface area contributed by atoms with E-state index in [1.54, 1.807) is 0 Å². The Morgan fingerprint density at radius 2 is 1.76 bits per heavy atom. The van der Waals surface area contributed by atoms with Crippen LogP contribution in [0.4, 0.5) is 0 Å². The standard InChI is InChI=1S/C15H16BrN/c1-17(2)12-8-10-4-3-5-13-14(16)7-6-11(9-12)15(10)13/h3-7,12H,8-9H2,1-2H3. The summed E-state index contributed by atoms with van der Waals surface area (Å²) in [6.45, 7) is 0. The van der Waals surface area contributed by atoms with Gasteiger partial charge in [0.15, 0.2) is 0 Å². The molecule has 88 valence electrons. The van der Waals surface area contributed by atoms with Gasteiger partial charge in [-0.25, -0.2) is 0 Å². The Kier molecular flexibility index (Phi) is 2.72. The second-order valence-corrected chi connectivity index (χ2v) is 5.93. The molecule has 0 spiro atoms. The summed E-state index contributed by atoms with van der Waals surface area (Å²) in [7, 11) is 4.35. The van der Waals surface area contributed by atoms with Crippen molar-refractivity contribution >= 4 is 26.7 Å². The van der Waals surface area contributed by atoms with Crippen molar-refractivity contribution in [3.63, 3.8) is 0 Å². The van der Waals surface area contributed by atoms with Gasteiger partial charge in [-0.3, -0.25) is 0 Å². The molecule has 0 fully saturated rings. The molecule has 1 aliphatic rings. The van der Waals surface area contributed by atoms with E-state index in [0.717, 1.165) is 12.8 Å². The SMILES string of the molecule is CN(C)C1Cc2cccc3c(Br)ccc(c23)C1. The average molecular weight is 290 g/mol.